The first-order valence-electron chi connectivity index (χ1n) is 6.76. The molecule has 2 aliphatic rings. The van der Waals surface area contributed by atoms with E-state index in [4.69, 9.17) is 5.11 Å². The lowest BCUT2D eigenvalue weighted by Crippen LogP contribution is -2.37. The number of aliphatic carboxylic acids is 2. The van der Waals surface area contributed by atoms with Gasteiger partial charge in [0, 0.05) is 5.57 Å². The number of hydrogen-bond donors (Lipinski definition) is 2. The molecule has 0 aromatic heterocycles. The van der Waals surface area contributed by atoms with Crippen molar-refractivity contribution in [2.45, 2.75) is 32.6 Å². The van der Waals surface area contributed by atoms with Crippen molar-refractivity contribution in [2.75, 3.05) is 0 Å². The molecule has 104 valence electrons. The van der Waals surface area contributed by atoms with Gasteiger partial charge >= 0.3 is 11.9 Å². The number of carboxylic acids is 2. The van der Waals surface area contributed by atoms with Crippen molar-refractivity contribution in [1.29, 1.82) is 0 Å². The van der Waals surface area contributed by atoms with Crippen LogP contribution in [-0.2, 0) is 9.59 Å². The Balaban J connectivity index is 2.31. The quantitative estimate of drug-likeness (QED) is 0.768. The number of allylic oxidation sites excluding steroid dienone is 2. The normalized spacial score (nSPS) is 32.2. The van der Waals surface area contributed by atoms with E-state index in [1.165, 1.54) is 0 Å². The Bertz CT molecular complexity index is 449. The van der Waals surface area contributed by atoms with Gasteiger partial charge in [0.15, 0.2) is 0 Å². The zero-order chi connectivity index (χ0) is 14.2. The van der Waals surface area contributed by atoms with E-state index >= 15 is 0 Å². The van der Waals surface area contributed by atoms with Gasteiger partial charge in [-0.3, -0.25) is 4.79 Å². The largest absolute Gasteiger partial charge is 0.481 e. The van der Waals surface area contributed by atoms with Crippen LogP contribution in [0.4, 0.5) is 0 Å². The number of rotatable bonds is 3. The summed E-state index contributed by atoms with van der Waals surface area (Å²) in [5.74, 6) is -1.83. The first kappa shape index (κ1) is 13.8. The lowest BCUT2D eigenvalue weighted by molar-refractivity contribution is -0.144. The number of carboxylic acid groups (broad SMARTS) is 2. The van der Waals surface area contributed by atoms with E-state index in [1.54, 1.807) is 13.0 Å². The van der Waals surface area contributed by atoms with Gasteiger partial charge in [-0.15, -0.1) is 0 Å². The smallest absolute Gasteiger partial charge is 0.331 e. The first-order valence-corrected chi connectivity index (χ1v) is 6.76. The van der Waals surface area contributed by atoms with E-state index in [2.05, 4.69) is 6.58 Å². The summed E-state index contributed by atoms with van der Waals surface area (Å²) in [4.78, 5) is 22.3. The maximum atomic E-state index is 11.2. The molecule has 0 radical (unpaired) electrons. The van der Waals surface area contributed by atoms with Gasteiger partial charge in [-0.1, -0.05) is 25.2 Å². The van der Waals surface area contributed by atoms with E-state index in [0.717, 1.165) is 24.8 Å². The Morgan fingerprint density at radius 3 is 2.58 bits per heavy atom. The van der Waals surface area contributed by atoms with Crippen LogP contribution in [0.3, 0.4) is 0 Å². The van der Waals surface area contributed by atoms with Gasteiger partial charge in [-0.05, 0) is 43.4 Å². The second kappa shape index (κ2) is 5.19. The van der Waals surface area contributed by atoms with Gasteiger partial charge in [0.1, 0.15) is 0 Å². The maximum Gasteiger partial charge on any atom is 0.331 e. The molecule has 0 saturated heterocycles. The molecule has 19 heavy (non-hydrogen) atoms. The highest BCUT2D eigenvalue weighted by atomic mass is 16.4. The molecule has 4 atom stereocenters. The molecule has 0 aliphatic heterocycles. The van der Waals surface area contributed by atoms with Crippen molar-refractivity contribution in [3.63, 3.8) is 0 Å². The molecule has 0 bridgehead atoms. The lowest BCUT2D eigenvalue weighted by Gasteiger charge is -2.42. The van der Waals surface area contributed by atoms with E-state index in [-0.39, 0.29) is 17.8 Å². The highest BCUT2D eigenvalue weighted by molar-refractivity contribution is 5.86. The van der Waals surface area contributed by atoms with Crippen molar-refractivity contribution < 1.29 is 19.8 Å². The van der Waals surface area contributed by atoms with Crippen LogP contribution in [-0.4, -0.2) is 22.2 Å². The molecule has 1 saturated carbocycles. The third kappa shape index (κ3) is 2.57. The Morgan fingerprint density at radius 1 is 1.32 bits per heavy atom. The van der Waals surface area contributed by atoms with Gasteiger partial charge < -0.3 is 10.2 Å². The second-order valence-electron chi connectivity index (χ2n) is 5.71. The van der Waals surface area contributed by atoms with Gasteiger partial charge in [-0.2, -0.15) is 0 Å². The average molecular weight is 264 g/mol. The fourth-order valence-corrected chi connectivity index (χ4v) is 3.51. The molecule has 2 N–H and O–H groups in total. The van der Waals surface area contributed by atoms with E-state index in [1.807, 2.05) is 0 Å². The van der Waals surface area contributed by atoms with Gasteiger partial charge in [-0.25, -0.2) is 4.79 Å². The lowest BCUT2D eigenvalue weighted by atomic mass is 9.62. The van der Waals surface area contributed by atoms with Crippen LogP contribution in [0.1, 0.15) is 32.6 Å². The van der Waals surface area contributed by atoms with Crippen LogP contribution in [0.15, 0.2) is 23.8 Å². The van der Waals surface area contributed by atoms with E-state index in [9.17, 15) is 14.7 Å². The molecule has 0 spiro atoms. The summed E-state index contributed by atoms with van der Waals surface area (Å²) in [5, 5.41) is 18.3. The maximum absolute atomic E-state index is 11.2. The summed E-state index contributed by atoms with van der Waals surface area (Å²) in [6.07, 6.45) is 4.79. The van der Waals surface area contributed by atoms with Crippen LogP contribution in [0, 0.1) is 23.7 Å². The third-order valence-electron chi connectivity index (χ3n) is 4.71. The van der Waals surface area contributed by atoms with Crippen molar-refractivity contribution in [2.24, 2.45) is 23.7 Å². The molecule has 4 nitrogen and oxygen atoms in total. The molecule has 2 aliphatic carbocycles. The van der Waals surface area contributed by atoms with Gasteiger partial charge in [0.25, 0.3) is 0 Å². The van der Waals surface area contributed by atoms with Crippen LogP contribution < -0.4 is 0 Å². The van der Waals surface area contributed by atoms with E-state index in [0.29, 0.717) is 12.0 Å². The predicted molar refractivity (Wildman–Crippen MR) is 70.6 cm³/mol. The average Bonchev–Trinajstić information content (AvgIpc) is 2.37. The zero-order valence-electron chi connectivity index (χ0n) is 11.1. The molecular formula is C15H20O4. The van der Waals surface area contributed by atoms with Crippen molar-refractivity contribution in [3.8, 4) is 0 Å². The van der Waals surface area contributed by atoms with Crippen LogP contribution in [0.2, 0.25) is 0 Å². The number of fused-ring (bicyclic) bond motifs is 1. The molecule has 0 heterocycles. The third-order valence-corrected chi connectivity index (χ3v) is 4.71. The summed E-state index contributed by atoms with van der Waals surface area (Å²) >= 11 is 0. The summed E-state index contributed by atoms with van der Waals surface area (Å²) in [5.41, 5.74) is 1.58. The minimum Gasteiger partial charge on any atom is -0.481 e. The summed E-state index contributed by atoms with van der Waals surface area (Å²) in [6.45, 7) is 5.81. The van der Waals surface area contributed by atoms with Crippen LogP contribution in [0.25, 0.3) is 0 Å². The fourth-order valence-electron chi connectivity index (χ4n) is 3.51. The molecule has 0 amide bonds. The first-order chi connectivity index (χ1) is 8.91. The highest BCUT2D eigenvalue weighted by Gasteiger charge is 2.41. The van der Waals surface area contributed by atoms with Crippen LogP contribution >= 0.6 is 0 Å². The molecule has 0 aromatic rings. The Morgan fingerprint density at radius 2 is 2.00 bits per heavy atom. The molecule has 1 fully saturated rings. The fraction of sp³-hybridized carbons (Fsp3) is 0.600. The zero-order valence-corrected chi connectivity index (χ0v) is 11.1. The Kier molecular flexibility index (Phi) is 3.78. The summed E-state index contributed by atoms with van der Waals surface area (Å²) in [7, 11) is 0. The Labute approximate surface area is 112 Å². The monoisotopic (exact) mass is 264 g/mol. The summed E-state index contributed by atoms with van der Waals surface area (Å²) < 4.78 is 0. The van der Waals surface area contributed by atoms with E-state index < -0.39 is 17.9 Å². The topological polar surface area (TPSA) is 74.6 Å². The molecule has 2 rings (SSSR count). The van der Waals surface area contributed by atoms with Crippen molar-refractivity contribution >= 4 is 11.9 Å². The highest BCUT2D eigenvalue weighted by Crippen LogP contribution is 2.47. The van der Waals surface area contributed by atoms with Gasteiger partial charge in [0.05, 0.1) is 5.92 Å². The minimum absolute atomic E-state index is 0.0163. The van der Waals surface area contributed by atoms with Gasteiger partial charge in [0.2, 0.25) is 0 Å². The number of hydrogen-bond acceptors (Lipinski definition) is 2. The second-order valence-corrected chi connectivity index (χ2v) is 5.71. The van der Waals surface area contributed by atoms with Crippen LogP contribution in [0.5, 0.6) is 0 Å². The molecule has 0 aromatic carbocycles. The minimum atomic E-state index is -0.878. The van der Waals surface area contributed by atoms with Crippen molar-refractivity contribution in [3.05, 3.63) is 23.8 Å². The standard InChI is InChI=1S/C15H20O4/c1-8-3-5-12(9(2)14(16)17)13-7-10(15(18)19)4-6-11(8)13/h7,9,11-13H,1,3-6H2,2H3,(H,16,17)(H,18,19)/t9-,11-,12-,13+/m1/s1. The Hall–Kier alpha value is -1.58. The number of carbonyl (C=O) groups is 2. The molecule has 0 unspecified atom stereocenters. The molecular weight excluding hydrogens is 244 g/mol. The predicted octanol–water partition coefficient (Wildman–Crippen LogP) is 2.71. The van der Waals surface area contributed by atoms with Crippen molar-refractivity contribution in [1.82, 2.24) is 0 Å². The SMILES string of the molecule is C=C1CC[C@H]([C@@H](C)C(=O)O)[C@H]2C=C(C(=O)O)CC[C@H]12. The summed E-state index contributed by atoms with van der Waals surface area (Å²) in [6, 6.07) is 0. The molecule has 4 heteroatoms.